The Hall–Kier alpha value is -3.02. The Bertz CT molecular complexity index is 787. The fraction of sp³-hybridized carbons (Fsp3) is 0.300. The summed E-state index contributed by atoms with van der Waals surface area (Å²) in [6.45, 7) is 3.17. The average Bonchev–Trinajstić information content (AvgIpc) is 2.62. The van der Waals surface area contributed by atoms with Crippen molar-refractivity contribution in [2.24, 2.45) is 5.92 Å². The first-order chi connectivity index (χ1) is 12.4. The van der Waals surface area contributed by atoms with E-state index in [1.165, 1.54) is 11.8 Å². The fourth-order valence-corrected chi connectivity index (χ4v) is 2.76. The molecule has 138 valence electrons. The highest BCUT2D eigenvalue weighted by Crippen LogP contribution is 2.29. The van der Waals surface area contributed by atoms with Gasteiger partial charge in [-0.3, -0.25) is 14.5 Å². The summed E-state index contributed by atoms with van der Waals surface area (Å²) in [4.78, 5) is 26.1. The number of benzene rings is 2. The van der Waals surface area contributed by atoms with E-state index in [9.17, 15) is 9.59 Å². The molecule has 2 N–H and O–H groups in total. The monoisotopic (exact) mass is 356 g/mol. The van der Waals surface area contributed by atoms with Crippen LogP contribution in [0.5, 0.6) is 11.5 Å². The van der Waals surface area contributed by atoms with Crippen LogP contribution in [0, 0.1) is 5.92 Å². The van der Waals surface area contributed by atoms with Gasteiger partial charge in [-0.05, 0) is 48.4 Å². The van der Waals surface area contributed by atoms with Gasteiger partial charge in [0.2, 0.25) is 11.8 Å². The normalized spacial score (nSPS) is 11.5. The molecule has 2 aromatic carbocycles. The molecule has 0 aliphatic rings. The van der Waals surface area contributed by atoms with Crippen molar-refractivity contribution in [3.8, 4) is 11.5 Å². The van der Waals surface area contributed by atoms with Gasteiger partial charge in [0.15, 0.2) is 11.5 Å². The Kier molecular flexibility index (Phi) is 6.22. The summed E-state index contributed by atoms with van der Waals surface area (Å²) in [7, 11) is 3.13. The largest absolute Gasteiger partial charge is 0.493 e. The van der Waals surface area contributed by atoms with E-state index in [0.717, 1.165) is 5.56 Å². The van der Waals surface area contributed by atoms with Crippen LogP contribution >= 0.6 is 0 Å². The van der Waals surface area contributed by atoms with Gasteiger partial charge >= 0.3 is 0 Å². The number of carbonyl (C=O) groups is 2. The molecule has 0 spiro atoms. The molecule has 0 aromatic heterocycles. The lowest BCUT2D eigenvalue weighted by Gasteiger charge is -2.23. The first-order valence-corrected chi connectivity index (χ1v) is 8.28. The third-order valence-electron chi connectivity index (χ3n) is 4.10. The van der Waals surface area contributed by atoms with Crippen LogP contribution in [0.4, 0.5) is 11.4 Å². The van der Waals surface area contributed by atoms with Crippen LogP contribution in [0.15, 0.2) is 42.5 Å². The van der Waals surface area contributed by atoms with Crippen LogP contribution in [0.3, 0.4) is 0 Å². The molecule has 2 aromatic rings. The molecule has 26 heavy (non-hydrogen) atoms. The maximum absolute atomic E-state index is 12.9. The molecule has 0 radical (unpaired) electrons. The molecule has 0 saturated carbocycles. The topological polar surface area (TPSA) is 81.9 Å². The lowest BCUT2D eigenvalue weighted by Crippen LogP contribution is -2.39. The van der Waals surface area contributed by atoms with Gasteiger partial charge in [-0.1, -0.05) is 13.0 Å². The van der Waals surface area contributed by atoms with Gasteiger partial charge < -0.3 is 15.2 Å². The van der Waals surface area contributed by atoms with Crippen LogP contribution in [0.25, 0.3) is 0 Å². The number of amides is 2. The minimum absolute atomic E-state index is 0.267. The lowest BCUT2D eigenvalue weighted by molar-refractivity contribution is -0.127. The number of carbonyl (C=O) groups excluding carboxylic acids is 2. The van der Waals surface area contributed by atoms with Gasteiger partial charge in [-0.15, -0.1) is 0 Å². The minimum Gasteiger partial charge on any atom is -0.493 e. The second kappa shape index (κ2) is 8.38. The molecule has 1 unspecified atom stereocenters. The highest BCUT2D eigenvalue weighted by atomic mass is 16.5. The zero-order valence-electron chi connectivity index (χ0n) is 15.5. The predicted molar refractivity (Wildman–Crippen MR) is 101 cm³/mol. The maximum atomic E-state index is 12.9. The van der Waals surface area contributed by atoms with Crippen LogP contribution in [-0.2, 0) is 16.0 Å². The van der Waals surface area contributed by atoms with E-state index in [4.69, 9.17) is 15.2 Å². The molecule has 0 fully saturated rings. The molecule has 0 heterocycles. The predicted octanol–water partition coefficient (Wildman–Crippen LogP) is 3.04. The molecule has 0 aliphatic carbocycles. The van der Waals surface area contributed by atoms with E-state index in [0.29, 0.717) is 29.3 Å². The minimum atomic E-state index is -0.394. The Morgan fingerprint density at radius 2 is 1.65 bits per heavy atom. The van der Waals surface area contributed by atoms with Gasteiger partial charge in [0.25, 0.3) is 0 Å². The van der Waals surface area contributed by atoms with Crippen molar-refractivity contribution in [1.29, 1.82) is 0 Å². The van der Waals surface area contributed by atoms with Crippen molar-refractivity contribution < 1.29 is 19.1 Å². The van der Waals surface area contributed by atoms with E-state index in [1.54, 1.807) is 51.5 Å². The summed E-state index contributed by atoms with van der Waals surface area (Å²) < 4.78 is 10.5. The van der Waals surface area contributed by atoms with Gasteiger partial charge in [0.05, 0.1) is 19.9 Å². The summed E-state index contributed by atoms with van der Waals surface area (Å²) >= 11 is 0. The van der Waals surface area contributed by atoms with E-state index in [1.807, 2.05) is 12.1 Å². The number of hydrogen-bond donors (Lipinski definition) is 1. The first kappa shape index (κ1) is 19.3. The summed E-state index contributed by atoms with van der Waals surface area (Å²) in [5, 5.41) is 0. The number of ether oxygens (including phenoxy) is 2. The number of imide groups is 1. The van der Waals surface area contributed by atoms with Crippen molar-refractivity contribution in [3.05, 3.63) is 48.0 Å². The summed E-state index contributed by atoms with van der Waals surface area (Å²) in [5.74, 6) is 0.236. The van der Waals surface area contributed by atoms with Crippen molar-refractivity contribution in [2.75, 3.05) is 24.9 Å². The summed E-state index contributed by atoms with van der Waals surface area (Å²) in [6, 6.07) is 12.2. The van der Waals surface area contributed by atoms with E-state index >= 15 is 0 Å². The molecule has 6 heteroatoms. The van der Waals surface area contributed by atoms with Gasteiger partial charge in [-0.2, -0.15) is 0 Å². The second-order valence-corrected chi connectivity index (χ2v) is 6.08. The average molecular weight is 356 g/mol. The highest BCUT2D eigenvalue weighted by Gasteiger charge is 2.25. The van der Waals surface area contributed by atoms with Crippen molar-refractivity contribution in [3.63, 3.8) is 0 Å². The Morgan fingerprint density at radius 1 is 1.04 bits per heavy atom. The lowest BCUT2D eigenvalue weighted by atomic mass is 9.99. The van der Waals surface area contributed by atoms with E-state index in [2.05, 4.69) is 0 Å². The molecular formula is C20H24N2O4. The summed E-state index contributed by atoms with van der Waals surface area (Å²) in [5.41, 5.74) is 7.68. The molecule has 0 aliphatic heterocycles. The van der Waals surface area contributed by atoms with Crippen LogP contribution in [0.1, 0.15) is 19.4 Å². The quantitative estimate of drug-likeness (QED) is 0.805. The number of nitrogens with zero attached hydrogens (tertiary/aromatic N) is 1. The van der Waals surface area contributed by atoms with Crippen molar-refractivity contribution in [2.45, 2.75) is 20.3 Å². The fourth-order valence-electron chi connectivity index (χ4n) is 2.76. The molecule has 0 bridgehead atoms. The molecule has 6 nitrogen and oxygen atoms in total. The Labute approximate surface area is 153 Å². The van der Waals surface area contributed by atoms with Gasteiger partial charge in [0.1, 0.15) is 0 Å². The standard InChI is InChI=1S/C20H24N2O4/c1-13(11-15-5-10-18(25-3)19(12-15)26-4)20(24)22(14(2)23)17-8-6-16(21)7-9-17/h5-10,12-13H,11,21H2,1-4H3. The van der Waals surface area contributed by atoms with Crippen molar-refractivity contribution in [1.82, 2.24) is 0 Å². The van der Waals surface area contributed by atoms with Crippen LogP contribution in [0.2, 0.25) is 0 Å². The molecule has 0 saturated heterocycles. The second-order valence-electron chi connectivity index (χ2n) is 6.08. The number of anilines is 2. The third-order valence-corrected chi connectivity index (χ3v) is 4.10. The number of nitrogen functional groups attached to an aromatic ring is 1. The third kappa shape index (κ3) is 4.33. The SMILES string of the molecule is COc1ccc(CC(C)C(=O)N(C(C)=O)c2ccc(N)cc2)cc1OC. The molecule has 1 atom stereocenters. The Morgan fingerprint density at radius 3 is 2.19 bits per heavy atom. The number of hydrogen-bond acceptors (Lipinski definition) is 5. The van der Waals surface area contributed by atoms with Gasteiger partial charge in [-0.25, -0.2) is 0 Å². The first-order valence-electron chi connectivity index (χ1n) is 8.28. The molecular weight excluding hydrogens is 332 g/mol. The summed E-state index contributed by atoms with van der Waals surface area (Å²) in [6.07, 6.45) is 0.470. The van der Waals surface area contributed by atoms with E-state index in [-0.39, 0.29) is 11.8 Å². The Balaban J connectivity index is 2.21. The smallest absolute Gasteiger partial charge is 0.236 e. The van der Waals surface area contributed by atoms with Crippen LogP contribution < -0.4 is 20.1 Å². The number of methoxy groups -OCH3 is 2. The van der Waals surface area contributed by atoms with Gasteiger partial charge in [0, 0.05) is 18.5 Å². The van der Waals surface area contributed by atoms with Crippen LogP contribution in [-0.4, -0.2) is 26.0 Å². The number of rotatable bonds is 6. The van der Waals surface area contributed by atoms with Crippen molar-refractivity contribution >= 4 is 23.2 Å². The number of nitrogens with two attached hydrogens (primary N) is 1. The van der Waals surface area contributed by atoms with E-state index < -0.39 is 5.92 Å². The molecule has 2 amide bonds. The zero-order chi connectivity index (χ0) is 19.3. The molecule has 2 rings (SSSR count). The highest BCUT2D eigenvalue weighted by molar-refractivity contribution is 6.14. The zero-order valence-corrected chi connectivity index (χ0v) is 15.5. The maximum Gasteiger partial charge on any atom is 0.236 e.